The summed E-state index contributed by atoms with van der Waals surface area (Å²) in [6.07, 6.45) is 0. The lowest BCUT2D eigenvalue weighted by atomic mass is 10.5. The Hall–Kier alpha value is -0.440. The van der Waals surface area contributed by atoms with Gasteiger partial charge in [-0.25, -0.2) is 0 Å². The number of nitrogens with zero attached hydrogens (tertiary/aromatic N) is 1. The molecule has 1 amide bonds. The molecule has 0 saturated heterocycles. The van der Waals surface area contributed by atoms with Crippen molar-refractivity contribution in [2.75, 3.05) is 13.1 Å². The van der Waals surface area contributed by atoms with E-state index >= 15 is 0 Å². The van der Waals surface area contributed by atoms with Crippen molar-refractivity contribution in [2.45, 2.75) is 13.8 Å². The van der Waals surface area contributed by atoms with Crippen LogP contribution in [0.15, 0.2) is 0 Å². The maximum atomic E-state index is 10.7. The van der Waals surface area contributed by atoms with Crippen LogP contribution in [0.2, 0.25) is 0 Å². The summed E-state index contributed by atoms with van der Waals surface area (Å²) in [5, 5.41) is 1.17. The van der Waals surface area contributed by atoms with Crippen LogP contribution in [0.1, 0.15) is 13.8 Å². The van der Waals surface area contributed by atoms with Crippen LogP contribution >= 0.6 is 12.2 Å². The summed E-state index contributed by atoms with van der Waals surface area (Å²) in [7, 11) is 0. The van der Waals surface area contributed by atoms with Crippen LogP contribution in [0.25, 0.3) is 0 Å². The van der Waals surface area contributed by atoms with Crippen LogP contribution in [0.5, 0.6) is 0 Å². The first kappa shape index (κ1) is 8.56. The molecule has 52 valence electrons. The van der Waals surface area contributed by atoms with Crippen LogP contribution in [0.3, 0.4) is 0 Å². The second-order valence-electron chi connectivity index (χ2n) is 1.63. The summed E-state index contributed by atoms with van der Waals surface area (Å²) < 4.78 is 0. The molecule has 0 aliphatic heterocycles. The van der Waals surface area contributed by atoms with Gasteiger partial charge in [-0.05, 0) is 13.8 Å². The quantitative estimate of drug-likeness (QED) is 0.549. The van der Waals surface area contributed by atoms with Crippen LogP contribution in [-0.2, 0) is 4.79 Å². The van der Waals surface area contributed by atoms with Crippen LogP contribution in [0.4, 0.5) is 0 Å². The lowest BCUT2D eigenvalue weighted by molar-refractivity contribution is -0.123. The number of hydrogen-bond acceptors (Lipinski definition) is 2. The topological polar surface area (TPSA) is 20.3 Å². The average Bonchev–Trinajstić information content (AvgIpc) is 1.90. The Morgan fingerprint density at radius 2 is 2.00 bits per heavy atom. The van der Waals surface area contributed by atoms with Crippen LogP contribution < -0.4 is 0 Å². The molecule has 0 N–H and O–H groups in total. The molecule has 0 spiro atoms. The predicted octanol–water partition coefficient (Wildman–Crippen LogP) is 0.854. The van der Waals surface area contributed by atoms with Crippen molar-refractivity contribution in [1.82, 2.24) is 4.90 Å². The molecule has 0 aliphatic carbocycles. The molecule has 0 rings (SSSR count). The third-order valence-electron chi connectivity index (χ3n) is 1.18. The lowest BCUT2D eigenvalue weighted by Gasteiger charge is -2.14. The molecule has 0 aromatic heterocycles. The second-order valence-corrected chi connectivity index (χ2v) is 1.86. The standard InChI is InChI=1S/C6H11NOS/c1-3-7(4-2)6(8)5-9/h5H,3-4H2,1-2H3. The van der Waals surface area contributed by atoms with E-state index in [1.807, 2.05) is 13.8 Å². The number of thiocarbonyl (C=S) groups is 1. The monoisotopic (exact) mass is 145 g/mol. The molecule has 0 heterocycles. The summed E-state index contributed by atoms with van der Waals surface area (Å²) in [4.78, 5) is 12.4. The predicted molar refractivity (Wildman–Crippen MR) is 41.6 cm³/mol. The van der Waals surface area contributed by atoms with Crippen LogP contribution in [0, 0.1) is 0 Å². The maximum Gasteiger partial charge on any atom is 0.257 e. The highest BCUT2D eigenvalue weighted by Crippen LogP contribution is 1.84. The molecule has 3 heteroatoms. The second kappa shape index (κ2) is 4.44. The maximum absolute atomic E-state index is 10.7. The third kappa shape index (κ3) is 2.56. The van der Waals surface area contributed by atoms with Gasteiger partial charge in [0, 0.05) is 13.1 Å². The zero-order valence-corrected chi connectivity index (χ0v) is 6.57. The minimum absolute atomic E-state index is 0.0602. The molecular weight excluding hydrogens is 134 g/mol. The largest absolute Gasteiger partial charge is 0.339 e. The van der Waals surface area contributed by atoms with E-state index in [9.17, 15) is 4.79 Å². The fourth-order valence-corrected chi connectivity index (χ4v) is 0.759. The van der Waals surface area contributed by atoms with Gasteiger partial charge in [-0.15, -0.1) is 0 Å². The van der Waals surface area contributed by atoms with Gasteiger partial charge in [0.05, 0.1) is 5.37 Å². The van der Waals surface area contributed by atoms with Crippen molar-refractivity contribution in [2.24, 2.45) is 0 Å². The first-order valence-corrected chi connectivity index (χ1v) is 3.47. The first-order valence-electron chi connectivity index (χ1n) is 3.00. The number of carbonyl (C=O) groups excluding carboxylic acids is 1. The van der Waals surface area contributed by atoms with Gasteiger partial charge in [-0.1, -0.05) is 12.2 Å². The van der Waals surface area contributed by atoms with Gasteiger partial charge in [0.2, 0.25) is 0 Å². The Morgan fingerprint density at radius 1 is 1.56 bits per heavy atom. The summed E-state index contributed by atoms with van der Waals surface area (Å²) in [6.45, 7) is 5.34. The first-order chi connectivity index (χ1) is 4.26. The Labute approximate surface area is 60.8 Å². The fraction of sp³-hybridized carbons (Fsp3) is 0.667. The van der Waals surface area contributed by atoms with Gasteiger partial charge in [0.15, 0.2) is 0 Å². The smallest absolute Gasteiger partial charge is 0.257 e. The van der Waals surface area contributed by atoms with E-state index in [4.69, 9.17) is 0 Å². The Bertz CT molecular complexity index is 110. The zero-order valence-electron chi connectivity index (χ0n) is 5.76. The summed E-state index contributed by atoms with van der Waals surface area (Å²) in [5.74, 6) is -0.0602. The highest BCUT2D eigenvalue weighted by Gasteiger charge is 2.02. The minimum Gasteiger partial charge on any atom is -0.339 e. The molecule has 0 radical (unpaired) electrons. The van der Waals surface area contributed by atoms with E-state index in [1.165, 1.54) is 5.37 Å². The molecule has 0 aromatic carbocycles. The van der Waals surface area contributed by atoms with E-state index in [0.717, 1.165) is 13.1 Å². The summed E-state index contributed by atoms with van der Waals surface area (Å²) in [5.41, 5.74) is 0. The van der Waals surface area contributed by atoms with Crippen molar-refractivity contribution in [3.8, 4) is 0 Å². The van der Waals surface area contributed by atoms with Crippen molar-refractivity contribution in [3.63, 3.8) is 0 Å². The van der Waals surface area contributed by atoms with E-state index < -0.39 is 0 Å². The molecule has 0 fully saturated rings. The number of rotatable bonds is 3. The lowest BCUT2D eigenvalue weighted by Crippen LogP contribution is -2.30. The highest BCUT2D eigenvalue weighted by molar-refractivity contribution is 7.80. The minimum atomic E-state index is -0.0602. The van der Waals surface area contributed by atoms with Gasteiger partial charge < -0.3 is 4.90 Å². The average molecular weight is 145 g/mol. The molecule has 0 atom stereocenters. The highest BCUT2D eigenvalue weighted by atomic mass is 32.1. The number of amides is 1. The van der Waals surface area contributed by atoms with E-state index in [0.29, 0.717) is 0 Å². The molecule has 2 nitrogen and oxygen atoms in total. The molecular formula is C6H11NOS. The van der Waals surface area contributed by atoms with Crippen molar-refractivity contribution in [1.29, 1.82) is 0 Å². The van der Waals surface area contributed by atoms with Crippen LogP contribution in [-0.4, -0.2) is 29.3 Å². The van der Waals surface area contributed by atoms with Gasteiger partial charge in [-0.2, -0.15) is 0 Å². The van der Waals surface area contributed by atoms with Gasteiger partial charge >= 0.3 is 0 Å². The van der Waals surface area contributed by atoms with Gasteiger partial charge in [0.1, 0.15) is 0 Å². The van der Waals surface area contributed by atoms with E-state index in [1.54, 1.807) is 4.90 Å². The van der Waals surface area contributed by atoms with E-state index in [2.05, 4.69) is 12.2 Å². The summed E-state index contributed by atoms with van der Waals surface area (Å²) >= 11 is 4.47. The molecule has 0 bridgehead atoms. The summed E-state index contributed by atoms with van der Waals surface area (Å²) in [6, 6.07) is 0. The van der Waals surface area contributed by atoms with Gasteiger partial charge in [0.25, 0.3) is 5.91 Å². The normalized spacial score (nSPS) is 8.67. The SMILES string of the molecule is CCN(CC)C(=O)C=S. The Balaban J connectivity index is 3.78. The number of carbonyl (C=O) groups is 1. The van der Waals surface area contributed by atoms with Crippen molar-refractivity contribution in [3.05, 3.63) is 0 Å². The van der Waals surface area contributed by atoms with Crippen molar-refractivity contribution >= 4 is 23.5 Å². The Kier molecular flexibility index (Phi) is 4.22. The van der Waals surface area contributed by atoms with E-state index in [-0.39, 0.29) is 5.91 Å². The number of hydrogen-bond donors (Lipinski definition) is 0. The molecule has 0 unspecified atom stereocenters. The third-order valence-corrected chi connectivity index (χ3v) is 1.38. The molecule has 9 heavy (non-hydrogen) atoms. The molecule has 0 aliphatic rings. The Morgan fingerprint density at radius 3 is 2.11 bits per heavy atom. The van der Waals surface area contributed by atoms with Crippen molar-refractivity contribution < 1.29 is 4.79 Å². The van der Waals surface area contributed by atoms with Gasteiger partial charge in [-0.3, -0.25) is 4.79 Å². The molecule has 0 saturated carbocycles. The zero-order chi connectivity index (χ0) is 7.28. The molecule has 0 aromatic rings. The fourth-order valence-electron chi connectivity index (χ4n) is 0.610.